The van der Waals surface area contributed by atoms with Crippen molar-refractivity contribution in [3.63, 3.8) is 0 Å². The van der Waals surface area contributed by atoms with Crippen molar-refractivity contribution >= 4 is 11.6 Å². The summed E-state index contributed by atoms with van der Waals surface area (Å²) < 4.78 is 0. The number of hydrazone groups is 1. The summed E-state index contributed by atoms with van der Waals surface area (Å²) in [6.45, 7) is 1.98. The number of amides is 1. The lowest BCUT2D eigenvalue weighted by Crippen LogP contribution is -2.25. The molecular formula is C10H11N3O. The van der Waals surface area contributed by atoms with Crippen LogP contribution >= 0.6 is 0 Å². The van der Waals surface area contributed by atoms with Crippen molar-refractivity contribution in [2.75, 3.05) is 0 Å². The molecule has 0 saturated heterocycles. The Bertz CT molecular complexity index is 398. The predicted molar refractivity (Wildman–Crippen MR) is 52.9 cm³/mol. The van der Waals surface area contributed by atoms with Crippen molar-refractivity contribution in [3.05, 3.63) is 29.6 Å². The Morgan fingerprint density at radius 3 is 2.86 bits per heavy atom. The molecule has 1 aromatic rings. The van der Waals surface area contributed by atoms with Crippen LogP contribution in [0.4, 0.5) is 0 Å². The Morgan fingerprint density at radius 1 is 1.36 bits per heavy atom. The molecule has 2 heterocycles. The van der Waals surface area contributed by atoms with E-state index in [0.717, 1.165) is 16.8 Å². The highest BCUT2D eigenvalue weighted by atomic mass is 16.2. The lowest BCUT2D eigenvalue weighted by atomic mass is 10.1. The molecule has 0 aromatic carbocycles. The van der Waals surface area contributed by atoms with Crippen molar-refractivity contribution in [1.82, 2.24) is 10.4 Å². The van der Waals surface area contributed by atoms with Gasteiger partial charge in [0, 0.05) is 30.8 Å². The first-order chi connectivity index (χ1) is 6.75. The maximum absolute atomic E-state index is 10.9. The fraction of sp³-hybridized carbons (Fsp3) is 0.300. The number of hydrogen-bond donors (Lipinski definition) is 1. The van der Waals surface area contributed by atoms with Crippen LogP contribution in [0.3, 0.4) is 0 Å². The lowest BCUT2D eigenvalue weighted by Gasteiger charge is -2.11. The van der Waals surface area contributed by atoms with Gasteiger partial charge in [0.05, 0.1) is 5.71 Å². The van der Waals surface area contributed by atoms with Crippen LogP contribution in [0.25, 0.3) is 0 Å². The van der Waals surface area contributed by atoms with Gasteiger partial charge in [-0.2, -0.15) is 5.10 Å². The van der Waals surface area contributed by atoms with Crippen LogP contribution in [0.1, 0.15) is 24.0 Å². The van der Waals surface area contributed by atoms with Crippen LogP contribution in [0, 0.1) is 6.92 Å². The molecule has 0 fully saturated rings. The number of nitrogens with zero attached hydrogens (tertiary/aromatic N) is 2. The molecule has 1 aromatic heterocycles. The van der Waals surface area contributed by atoms with Gasteiger partial charge in [0.2, 0.25) is 5.91 Å². The van der Waals surface area contributed by atoms with Gasteiger partial charge in [-0.3, -0.25) is 9.78 Å². The maximum Gasteiger partial charge on any atom is 0.240 e. The summed E-state index contributed by atoms with van der Waals surface area (Å²) in [7, 11) is 0. The fourth-order valence-electron chi connectivity index (χ4n) is 1.40. The first-order valence-electron chi connectivity index (χ1n) is 4.53. The van der Waals surface area contributed by atoms with Crippen LogP contribution in [-0.2, 0) is 4.79 Å². The van der Waals surface area contributed by atoms with E-state index in [1.807, 2.05) is 13.0 Å². The summed E-state index contributed by atoms with van der Waals surface area (Å²) in [6.07, 6.45) is 4.76. The Hall–Kier alpha value is -1.71. The minimum absolute atomic E-state index is 0.0191. The first-order valence-corrected chi connectivity index (χ1v) is 4.53. The van der Waals surface area contributed by atoms with Crippen molar-refractivity contribution < 1.29 is 4.79 Å². The number of nitrogens with one attached hydrogen (secondary N) is 1. The number of rotatable bonds is 1. The molecule has 1 N–H and O–H groups in total. The second-order valence-electron chi connectivity index (χ2n) is 3.34. The molecule has 72 valence electrons. The molecule has 4 nitrogen and oxygen atoms in total. The van der Waals surface area contributed by atoms with Gasteiger partial charge in [-0.05, 0) is 18.6 Å². The lowest BCUT2D eigenvalue weighted by molar-refractivity contribution is -0.121. The van der Waals surface area contributed by atoms with E-state index < -0.39 is 0 Å². The first kappa shape index (κ1) is 8.87. The molecule has 0 radical (unpaired) electrons. The molecule has 0 aliphatic carbocycles. The van der Waals surface area contributed by atoms with E-state index in [0.29, 0.717) is 12.8 Å². The van der Waals surface area contributed by atoms with E-state index in [1.165, 1.54) is 0 Å². The maximum atomic E-state index is 10.9. The van der Waals surface area contributed by atoms with Crippen LogP contribution in [0.5, 0.6) is 0 Å². The Morgan fingerprint density at radius 2 is 2.21 bits per heavy atom. The molecule has 4 heteroatoms. The van der Waals surface area contributed by atoms with Gasteiger partial charge in [0.25, 0.3) is 0 Å². The number of carbonyl (C=O) groups excluding carboxylic acids is 1. The predicted octanol–water partition coefficient (Wildman–Crippen LogP) is 1.00. The molecule has 1 amide bonds. The SMILES string of the molecule is Cc1cncc(C2=NNC(=O)CC2)c1. The van der Waals surface area contributed by atoms with E-state index in [2.05, 4.69) is 15.5 Å². The summed E-state index contributed by atoms with van der Waals surface area (Å²) in [5, 5.41) is 4.00. The standard InChI is InChI=1S/C10H11N3O/c1-7-4-8(6-11-5-7)9-2-3-10(14)13-12-9/h4-6H,2-3H2,1H3,(H,13,14). The van der Waals surface area contributed by atoms with E-state index in [4.69, 9.17) is 0 Å². The topological polar surface area (TPSA) is 54.4 Å². The molecular weight excluding hydrogens is 178 g/mol. The van der Waals surface area contributed by atoms with Crippen molar-refractivity contribution in [2.24, 2.45) is 5.10 Å². The average Bonchev–Trinajstić information content (AvgIpc) is 2.19. The van der Waals surface area contributed by atoms with Gasteiger partial charge in [-0.25, -0.2) is 5.43 Å². The van der Waals surface area contributed by atoms with Crippen molar-refractivity contribution in [2.45, 2.75) is 19.8 Å². The summed E-state index contributed by atoms with van der Waals surface area (Å²) in [4.78, 5) is 15.0. The van der Waals surface area contributed by atoms with Gasteiger partial charge in [-0.15, -0.1) is 0 Å². The Labute approximate surface area is 82.0 Å². The van der Waals surface area contributed by atoms with E-state index >= 15 is 0 Å². The summed E-state index contributed by atoms with van der Waals surface area (Å²) in [5.41, 5.74) is 5.46. The molecule has 0 unspecified atom stereocenters. The normalized spacial score (nSPS) is 16.1. The summed E-state index contributed by atoms with van der Waals surface area (Å²) in [6, 6.07) is 2.02. The smallest absolute Gasteiger partial charge is 0.240 e. The largest absolute Gasteiger partial charge is 0.273 e. The van der Waals surface area contributed by atoms with Crippen LogP contribution < -0.4 is 5.43 Å². The molecule has 1 aliphatic heterocycles. The zero-order chi connectivity index (χ0) is 9.97. The second kappa shape index (κ2) is 3.57. The second-order valence-corrected chi connectivity index (χ2v) is 3.34. The van der Waals surface area contributed by atoms with Crippen molar-refractivity contribution in [1.29, 1.82) is 0 Å². The number of aromatic nitrogens is 1. The average molecular weight is 189 g/mol. The minimum Gasteiger partial charge on any atom is -0.273 e. The molecule has 0 saturated carbocycles. The highest BCUT2D eigenvalue weighted by molar-refractivity contribution is 6.03. The summed E-state index contributed by atoms with van der Waals surface area (Å²) in [5.74, 6) is -0.0191. The minimum atomic E-state index is -0.0191. The third-order valence-corrected chi connectivity index (χ3v) is 2.11. The molecule has 0 spiro atoms. The Kier molecular flexibility index (Phi) is 2.26. The van der Waals surface area contributed by atoms with Crippen LogP contribution in [0.2, 0.25) is 0 Å². The van der Waals surface area contributed by atoms with E-state index in [9.17, 15) is 4.79 Å². The number of hydrogen-bond acceptors (Lipinski definition) is 3. The monoisotopic (exact) mass is 189 g/mol. The molecule has 0 atom stereocenters. The highest BCUT2D eigenvalue weighted by Gasteiger charge is 2.13. The van der Waals surface area contributed by atoms with Gasteiger partial charge >= 0.3 is 0 Å². The van der Waals surface area contributed by atoms with E-state index in [-0.39, 0.29) is 5.91 Å². The zero-order valence-corrected chi connectivity index (χ0v) is 7.95. The van der Waals surface area contributed by atoms with Gasteiger partial charge in [0.15, 0.2) is 0 Å². The number of aryl methyl sites for hydroxylation is 1. The molecule has 2 rings (SSSR count). The number of carbonyl (C=O) groups is 1. The Balaban J connectivity index is 2.27. The van der Waals surface area contributed by atoms with Crippen molar-refractivity contribution in [3.8, 4) is 0 Å². The van der Waals surface area contributed by atoms with Gasteiger partial charge in [0.1, 0.15) is 0 Å². The van der Waals surface area contributed by atoms with Crippen LogP contribution in [-0.4, -0.2) is 16.6 Å². The van der Waals surface area contributed by atoms with Gasteiger partial charge < -0.3 is 0 Å². The summed E-state index contributed by atoms with van der Waals surface area (Å²) >= 11 is 0. The molecule has 14 heavy (non-hydrogen) atoms. The van der Waals surface area contributed by atoms with Crippen LogP contribution in [0.15, 0.2) is 23.6 Å². The highest BCUT2D eigenvalue weighted by Crippen LogP contribution is 2.09. The third-order valence-electron chi connectivity index (χ3n) is 2.11. The zero-order valence-electron chi connectivity index (χ0n) is 7.95. The third kappa shape index (κ3) is 1.79. The molecule has 0 bridgehead atoms. The van der Waals surface area contributed by atoms with Gasteiger partial charge in [-0.1, -0.05) is 0 Å². The number of pyridine rings is 1. The molecule has 1 aliphatic rings. The fourth-order valence-corrected chi connectivity index (χ4v) is 1.40. The van der Waals surface area contributed by atoms with E-state index in [1.54, 1.807) is 12.4 Å². The quantitative estimate of drug-likeness (QED) is 0.716.